The van der Waals surface area contributed by atoms with Crippen molar-refractivity contribution in [1.29, 1.82) is 0 Å². The molecule has 2 aromatic rings. The average Bonchev–Trinajstić information content (AvgIpc) is 3.37. The minimum atomic E-state index is -0.0493. The number of hydrogen-bond acceptors (Lipinski definition) is 9. The summed E-state index contributed by atoms with van der Waals surface area (Å²) in [6.07, 6.45) is 6.04. The van der Waals surface area contributed by atoms with Gasteiger partial charge in [-0.25, -0.2) is 5.43 Å². The number of benzene rings is 1. The van der Waals surface area contributed by atoms with Crippen LogP contribution >= 0.6 is 0 Å². The van der Waals surface area contributed by atoms with Crippen LogP contribution in [0.4, 0.5) is 17.8 Å². The molecule has 0 atom stereocenters. The lowest BCUT2D eigenvalue weighted by Crippen LogP contribution is -2.25. The van der Waals surface area contributed by atoms with Crippen LogP contribution in [0.5, 0.6) is 11.5 Å². The predicted molar refractivity (Wildman–Crippen MR) is 104 cm³/mol. The molecule has 0 radical (unpaired) electrons. The Balaban J connectivity index is 1.55. The highest BCUT2D eigenvalue weighted by Crippen LogP contribution is 2.23. The van der Waals surface area contributed by atoms with E-state index in [1.165, 1.54) is 18.3 Å². The number of phenols is 2. The lowest BCUT2D eigenvalue weighted by molar-refractivity contribution is 0.450. The first kappa shape index (κ1) is 17.3. The highest BCUT2D eigenvalue weighted by molar-refractivity contribution is 5.84. The molecule has 3 heterocycles. The topological polar surface area (TPSA) is 110 Å². The molecule has 1 aromatic carbocycles. The van der Waals surface area contributed by atoms with Crippen molar-refractivity contribution >= 4 is 24.1 Å². The maximum atomic E-state index is 9.83. The molecule has 4 rings (SSSR count). The number of anilines is 3. The molecular weight excluding hydrogens is 346 g/mol. The van der Waals surface area contributed by atoms with E-state index in [9.17, 15) is 10.2 Å². The van der Waals surface area contributed by atoms with Gasteiger partial charge in [-0.15, -0.1) is 0 Å². The molecule has 0 saturated carbocycles. The molecule has 3 N–H and O–H groups in total. The van der Waals surface area contributed by atoms with E-state index in [2.05, 4.69) is 35.3 Å². The summed E-state index contributed by atoms with van der Waals surface area (Å²) in [6, 6.07) is 4.33. The van der Waals surface area contributed by atoms with Crippen molar-refractivity contribution in [3.8, 4) is 11.5 Å². The zero-order chi connectivity index (χ0) is 18.6. The Morgan fingerprint density at radius 2 is 1.48 bits per heavy atom. The maximum absolute atomic E-state index is 9.83. The smallest absolute Gasteiger partial charge is 0.250 e. The van der Waals surface area contributed by atoms with Crippen molar-refractivity contribution in [3.05, 3.63) is 23.8 Å². The largest absolute Gasteiger partial charge is 0.508 e. The normalized spacial score (nSPS) is 17.2. The second-order valence-electron chi connectivity index (χ2n) is 6.76. The Bertz CT molecular complexity index is 796. The van der Waals surface area contributed by atoms with Crippen molar-refractivity contribution in [2.75, 3.05) is 41.4 Å². The second kappa shape index (κ2) is 7.65. The Kier molecular flexibility index (Phi) is 4.91. The first-order valence-corrected chi connectivity index (χ1v) is 9.26. The highest BCUT2D eigenvalue weighted by atomic mass is 16.3. The number of nitrogens with one attached hydrogen (secondary N) is 1. The number of nitrogens with zero attached hydrogens (tertiary/aromatic N) is 6. The third-order valence-electron chi connectivity index (χ3n) is 4.77. The number of aromatic hydroxyl groups is 2. The van der Waals surface area contributed by atoms with Crippen LogP contribution in [0, 0.1) is 0 Å². The van der Waals surface area contributed by atoms with E-state index in [0.717, 1.165) is 51.9 Å². The predicted octanol–water partition coefficient (Wildman–Crippen LogP) is 1.93. The number of hydrazone groups is 1. The average molecular weight is 369 g/mol. The summed E-state index contributed by atoms with van der Waals surface area (Å²) in [7, 11) is 0. The molecular formula is C18H23N7O2. The van der Waals surface area contributed by atoms with Crippen molar-refractivity contribution < 1.29 is 10.2 Å². The molecule has 0 aliphatic carbocycles. The molecule has 27 heavy (non-hydrogen) atoms. The highest BCUT2D eigenvalue weighted by Gasteiger charge is 2.21. The fraction of sp³-hybridized carbons (Fsp3) is 0.444. The molecule has 2 aliphatic heterocycles. The van der Waals surface area contributed by atoms with Crippen LogP contribution in [0.1, 0.15) is 31.2 Å². The number of rotatable bonds is 5. The van der Waals surface area contributed by atoms with Gasteiger partial charge < -0.3 is 20.0 Å². The van der Waals surface area contributed by atoms with Gasteiger partial charge in [-0.1, -0.05) is 0 Å². The van der Waals surface area contributed by atoms with Crippen molar-refractivity contribution in [2.24, 2.45) is 5.10 Å². The van der Waals surface area contributed by atoms with Gasteiger partial charge in [-0.2, -0.15) is 20.1 Å². The molecule has 0 bridgehead atoms. The first-order chi connectivity index (χ1) is 13.2. The van der Waals surface area contributed by atoms with Gasteiger partial charge >= 0.3 is 0 Å². The monoisotopic (exact) mass is 369 g/mol. The first-order valence-electron chi connectivity index (χ1n) is 9.26. The zero-order valence-corrected chi connectivity index (χ0v) is 15.0. The zero-order valence-electron chi connectivity index (χ0n) is 15.0. The Hall–Kier alpha value is -3.10. The molecule has 142 valence electrons. The van der Waals surface area contributed by atoms with Crippen molar-refractivity contribution in [1.82, 2.24) is 15.0 Å². The minimum absolute atomic E-state index is 0.000543. The van der Waals surface area contributed by atoms with Crippen LogP contribution in [0.15, 0.2) is 23.3 Å². The minimum Gasteiger partial charge on any atom is -0.508 e. The van der Waals surface area contributed by atoms with E-state index >= 15 is 0 Å². The molecule has 0 spiro atoms. The van der Waals surface area contributed by atoms with Gasteiger partial charge in [-0.05, 0) is 37.8 Å². The van der Waals surface area contributed by atoms with Gasteiger partial charge in [0.05, 0.1) is 6.21 Å². The third kappa shape index (κ3) is 4.02. The fourth-order valence-corrected chi connectivity index (χ4v) is 3.32. The van der Waals surface area contributed by atoms with Gasteiger partial charge in [0.2, 0.25) is 17.8 Å². The molecule has 2 saturated heterocycles. The quantitative estimate of drug-likeness (QED) is 0.542. The number of aromatic nitrogens is 3. The van der Waals surface area contributed by atoms with Crippen LogP contribution in [0.25, 0.3) is 0 Å². The number of hydrogen-bond donors (Lipinski definition) is 3. The van der Waals surface area contributed by atoms with E-state index in [1.807, 2.05) is 0 Å². The lowest BCUT2D eigenvalue weighted by atomic mass is 10.2. The van der Waals surface area contributed by atoms with Gasteiger partial charge in [0.1, 0.15) is 11.5 Å². The summed E-state index contributed by atoms with van der Waals surface area (Å²) in [6.45, 7) is 3.81. The molecule has 9 heteroatoms. The Labute approximate surface area is 157 Å². The van der Waals surface area contributed by atoms with E-state index in [4.69, 9.17) is 0 Å². The van der Waals surface area contributed by atoms with Crippen LogP contribution in [0.3, 0.4) is 0 Å². The van der Waals surface area contributed by atoms with E-state index in [-0.39, 0.29) is 11.5 Å². The summed E-state index contributed by atoms with van der Waals surface area (Å²) in [5.41, 5.74) is 3.32. The summed E-state index contributed by atoms with van der Waals surface area (Å²) in [4.78, 5) is 18.0. The maximum Gasteiger partial charge on any atom is 0.250 e. The van der Waals surface area contributed by atoms with Gasteiger partial charge in [0, 0.05) is 37.8 Å². The molecule has 2 fully saturated rings. The van der Waals surface area contributed by atoms with Crippen molar-refractivity contribution in [2.45, 2.75) is 25.7 Å². The lowest BCUT2D eigenvalue weighted by Gasteiger charge is -2.20. The van der Waals surface area contributed by atoms with Crippen LogP contribution in [-0.2, 0) is 0 Å². The van der Waals surface area contributed by atoms with Crippen molar-refractivity contribution in [3.63, 3.8) is 0 Å². The molecule has 0 amide bonds. The standard InChI is InChI=1S/C18H23N7O2/c26-14-6-5-13(15(27)11-14)12-19-23-16-20-17(24-7-1-2-8-24)22-18(21-16)25-9-3-4-10-25/h5-6,11-12,26-27H,1-4,7-10H2,(H,20,21,22,23)/b19-12-. The van der Waals surface area contributed by atoms with Crippen LogP contribution in [-0.4, -0.2) is 57.6 Å². The summed E-state index contributed by atoms with van der Waals surface area (Å²) < 4.78 is 0. The molecule has 1 aromatic heterocycles. The summed E-state index contributed by atoms with van der Waals surface area (Å²) in [5, 5.41) is 23.3. The third-order valence-corrected chi connectivity index (χ3v) is 4.77. The summed E-state index contributed by atoms with van der Waals surface area (Å²) in [5.74, 6) is 1.68. The van der Waals surface area contributed by atoms with Gasteiger partial charge in [0.15, 0.2) is 0 Å². The van der Waals surface area contributed by atoms with E-state index in [0.29, 0.717) is 23.4 Å². The van der Waals surface area contributed by atoms with Gasteiger partial charge in [-0.3, -0.25) is 0 Å². The summed E-state index contributed by atoms with van der Waals surface area (Å²) >= 11 is 0. The molecule has 0 unspecified atom stereocenters. The van der Waals surface area contributed by atoms with Crippen LogP contribution < -0.4 is 15.2 Å². The Morgan fingerprint density at radius 1 is 0.889 bits per heavy atom. The van der Waals surface area contributed by atoms with Crippen LogP contribution in [0.2, 0.25) is 0 Å². The van der Waals surface area contributed by atoms with E-state index < -0.39 is 0 Å². The molecule has 2 aliphatic rings. The Morgan fingerprint density at radius 3 is 2.04 bits per heavy atom. The number of phenolic OH excluding ortho intramolecular Hbond substituents is 2. The van der Waals surface area contributed by atoms with Gasteiger partial charge in [0.25, 0.3) is 0 Å². The molecule has 9 nitrogen and oxygen atoms in total. The fourth-order valence-electron chi connectivity index (χ4n) is 3.32. The van der Waals surface area contributed by atoms with E-state index in [1.54, 1.807) is 6.07 Å². The second-order valence-corrected chi connectivity index (χ2v) is 6.76. The SMILES string of the molecule is Oc1ccc(/C=N\Nc2nc(N3CCCC3)nc(N3CCCC3)n2)c(O)c1.